The van der Waals surface area contributed by atoms with Crippen LogP contribution in [0.25, 0.3) is 0 Å². The average molecular weight is 239 g/mol. The molecule has 0 bridgehead atoms. The van der Waals surface area contributed by atoms with Gasteiger partial charge in [-0.2, -0.15) is 0 Å². The van der Waals surface area contributed by atoms with Gasteiger partial charge in [-0.25, -0.2) is 4.98 Å². The first kappa shape index (κ1) is 10.8. The molecule has 1 aliphatic heterocycles. The third-order valence-corrected chi connectivity index (χ3v) is 2.81. The van der Waals surface area contributed by atoms with E-state index in [4.69, 9.17) is 0 Å². The first-order chi connectivity index (χ1) is 8.83. The second kappa shape index (κ2) is 4.49. The molecule has 4 nitrogen and oxygen atoms in total. The zero-order valence-corrected chi connectivity index (χ0v) is 9.84. The molecule has 3 rings (SSSR count). The molecule has 90 valence electrons. The Hall–Kier alpha value is -2.36. The summed E-state index contributed by atoms with van der Waals surface area (Å²) in [5, 5.41) is 2.83. The van der Waals surface area contributed by atoms with Crippen molar-refractivity contribution < 1.29 is 4.79 Å². The molecule has 0 atom stereocenters. The highest BCUT2D eigenvalue weighted by atomic mass is 16.1. The molecule has 2 heterocycles. The van der Waals surface area contributed by atoms with E-state index >= 15 is 0 Å². The number of nitrogens with one attached hydrogen (secondary N) is 1. The predicted molar refractivity (Wildman–Crippen MR) is 70.8 cm³/mol. The molecule has 1 fully saturated rings. The third kappa shape index (κ3) is 2.32. The highest BCUT2D eigenvalue weighted by Crippen LogP contribution is 2.18. The maximum Gasteiger partial charge on any atom is 0.257 e. The summed E-state index contributed by atoms with van der Waals surface area (Å²) < 4.78 is 0. The third-order valence-electron chi connectivity index (χ3n) is 2.81. The van der Waals surface area contributed by atoms with Crippen LogP contribution in [0.4, 0.5) is 11.5 Å². The van der Waals surface area contributed by atoms with Crippen molar-refractivity contribution in [2.45, 2.75) is 0 Å². The van der Waals surface area contributed by atoms with Gasteiger partial charge in [-0.3, -0.25) is 4.79 Å². The van der Waals surface area contributed by atoms with Crippen molar-refractivity contribution in [3.05, 3.63) is 54.2 Å². The molecule has 0 aliphatic carbocycles. The molecule has 0 unspecified atom stereocenters. The number of carbonyl (C=O) groups excluding carboxylic acids is 1. The van der Waals surface area contributed by atoms with Crippen molar-refractivity contribution in [1.82, 2.24) is 4.98 Å². The number of benzene rings is 1. The topological polar surface area (TPSA) is 45.0 Å². The Bertz CT molecular complexity index is 547. The van der Waals surface area contributed by atoms with Crippen LogP contribution in [-0.4, -0.2) is 24.0 Å². The lowest BCUT2D eigenvalue weighted by Crippen LogP contribution is -2.12. The summed E-state index contributed by atoms with van der Waals surface area (Å²) in [4.78, 5) is 18.4. The Morgan fingerprint density at radius 2 is 1.89 bits per heavy atom. The fourth-order valence-electron chi connectivity index (χ4n) is 1.71. The summed E-state index contributed by atoms with van der Waals surface area (Å²) in [5.41, 5.74) is 1.36. The van der Waals surface area contributed by atoms with Gasteiger partial charge in [0, 0.05) is 25.0 Å². The standard InChI is InChI=1S/C14H13N3O/c18-14(16-12-4-2-1-3-5-12)11-6-7-13(15-10-11)17-8-9-17/h1-7,10H,8-9H2,(H,16,18). The van der Waals surface area contributed by atoms with Crippen LogP contribution in [0.15, 0.2) is 48.7 Å². The van der Waals surface area contributed by atoms with Gasteiger partial charge in [0.2, 0.25) is 0 Å². The molecule has 0 saturated carbocycles. The van der Waals surface area contributed by atoms with Crippen molar-refractivity contribution in [1.29, 1.82) is 0 Å². The first-order valence-corrected chi connectivity index (χ1v) is 5.90. The van der Waals surface area contributed by atoms with E-state index in [0.717, 1.165) is 24.6 Å². The van der Waals surface area contributed by atoms with Gasteiger partial charge in [-0.1, -0.05) is 18.2 Å². The Morgan fingerprint density at radius 3 is 2.50 bits per heavy atom. The number of pyridine rings is 1. The van der Waals surface area contributed by atoms with E-state index in [2.05, 4.69) is 15.2 Å². The SMILES string of the molecule is O=C(Nc1ccccc1)c1ccc(N2CC2)nc1. The van der Waals surface area contributed by atoms with Crippen molar-refractivity contribution >= 4 is 17.4 Å². The lowest BCUT2D eigenvalue weighted by Gasteiger charge is -2.06. The summed E-state index contributed by atoms with van der Waals surface area (Å²) in [6.45, 7) is 2.12. The molecule has 1 aromatic heterocycles. The Morgan fingerprint density at radius 1 is 1.11 bits per heavy atom. The lowest BCUT2D eigenvalue weighted by molar-refractivity contribution is 0.102. The monoisotopic (exact) mass is 239 g/mol. The van der Waals surface area contributed by atoms with E-state index in [1.54, 1.807) is 12.3 Å². The van der Waals surface area contributed by atoms with E-state index < -0.39 is 0 Å². The number of hydrogen-bond donors (Lipinski definition) is 1. The van der Waals surface area contributed by atoms with Crippen molar-refractivity contribution in [3.8, 4) is 0 Å². The molecule has 1 N–H and O–H groups in total. The largest absolute Gasteiger partial charge is 0.353 e. The van der Waals surface area contributed by atoms with Crippen LogP contribution in [0.2, 0.25) is 0 Å². The molecule has 0 spiro atoms. The second-order valence-corrected chi connectivity index (χ2v) is 4.21. The van der Waals surface area contributed by atoms with E-state index in [9.17, 15) is 4.79 Å². The molecule has 1 amide bonds. The zero-order chi connectivity index (χ0) is 12.4. The quantitative estimate of drug-likeness (QED) is 0.835. The van der Waals surface area contributed by atoms with E-state index in [-0.39, 0.29) is 5.91 Å². The van der Waals surface area contributed by atoms with Gasteiger partial charge < -0.3 is 10.2 Å². The van der Waals surface area contributed by atoms with Gasteiger partial charge in [0.15, 0.2) is 0 Å². The zero-order valence-electron chi connectivity index (χ0n) is 9.84. The molecular weight excluding hydrogens is 226 g/mol. The number of para-hydroxylation sites is 1. The van der Waals surface area contributed by atoms with Gasteiger partial charge in [-0.05, 0) is 24.3 Å². The molecule has 1 saturated heterocycles. The van der Waals surface area contributed by atoms with E-state index in [1.165, 1.54) is 0 Å². The Balaban J connectivity index is 1.72. The van der Waals surface area contributed by atoms with Gasteiger partial charge in [0.05, 0.1) is 5.56 Å². The number of amides is 1. The summed E-state index contributed by atoms with van der Waals surface area (Å²) in [5.74, 6) is 0.803. The van der Waals surface area contributed by atoms with Crippen LogP contribution in [0, 0.1) is 0 Å². The molecule has 0 radical (unpaired) electrons. The van der Waals surface area contributed by atoms with Crippen molar-refractivity contribution in [2.24, 2.45) is 0 Å². The maximum atomic E-state index is 11.9. The Kier molecular flexibility index (Phi) is 2.68. The second-order valence-electron chi connectivity index (χ2n) is 4.21. The fraction of sp³-hybridized carbons (Fsp3) is 0.143. The van der Waals surface area contributed by atoms with Gasteiger partial charge in [-0.15, -0.1) is 0 Å². The predicted octanol–water partition coefficient (Wildman–Crippen LogP) is 2.15. The summed E-state index contributed by atoms with van der Waals surface area (Å²) in [7, 11) is 0. The summed E-state index contributed by atoms with van der Waals surface area (Å²) in [6.07, 6.45) is 1.62. The Labute approximate surface area is 105 Å². The minimum atomic E-state index is -0.133. The van der Waals surface area contributed by atoms with E-state index in [1.807, 2.05) is 36.4 Å². The fourth-order valence-corrected chi connectivity index (χ4v) is 1.71. The average Bonchev–Trinajstić information content (AvgIpc) is 3.24. The van der Waals surface area contributed by atoms with Crippen LogP contribution < -0.4 is 10.2 Å². The van der Waals surface area contributed by atoms with Crippen molar-refractivity contribution in [3.63, 3.8) is 0 Å². The molecule has 18 heavy (non-hydrogen) atoms. The number of rotatable bonds is 3. The van der Waals surface area contributed by atoms with Crippen LogP contribution in [0.5, 0.6) is 0 Å². The molecule has 1 aromatic carbocycles. The highest BCUT2D eigenvalue weighted by Gasteiger charge is 2.19. The number of hydrogen-bond acceptors (Lipinski definition) is 3. The van der Waals surface area contributed by atoms with Gasteiger partial charge in [0.25, 0.3) is 5.91 Å². The number of carbonyl (C=O) groups is 1. The molecule has 1 aliphatic rings. The minimum absolute atomic E-state index is 0.133. The molecule has 2 aromatic rings. The number of aromatic nitrogens is 1. The normalized spacial score (nSPS) is 13.2. The summed E-state index contributed by atoms with van der Waals surface area (Å²) >= 11 is 0. The highest BCUT2D eigenvalue weighted by molar-refractivity contribution is 6.04. The van der Waals surface area contributed by atoms with Gasteiger partial charge in [0.1, 0.15) is 5.82 Å². The molecular formula is C14H13N3O. The van der Waals surface area contributed by atoms with Crippen LogP contribution >= 0.6 is 0 Å². The van der Waals surface area contributed by atoms with Crippen molar-refractivity contribution in [2.75, 3.05) is 23.3 Å². The first-order valence-electron chi connectivity index (χ1n) is 5.90. The minimum Gasteiger partial charge on any atom is -0.353 e. The van der Waals surface area contributed by atoms with Crippen LogP contribution in [0.1, 0.15) is 10.4 Å². The summed E-state index contributed by atoms with van der Waals surface area (Å²) in [6, 6.07) is 13.1. The van der Waals surface area contributed by atoms with Crippen LogP contribution in [0.3, 0.4) is 0 Å². The number of anilines is 2. The molecule has 4 heteroatoms. The van der Waals surface area contributed by atoms with Gasteiger partial charge >= 0.3 is 0 Å². The number of nitrogens with zero attached hydrogens (tertiary/aromatic N) is 2. The van der Waals surface area contributed by atoms with Crippen LogP contribution in [-0.2, 0) is 0 Å². The lowest BCUT2D eigenvalue weighted by atomic mass is 10.2. The smallest absolute Gasteiger partial charge is 0.257 e. The van der Waals surface area contributed by atoms with E-state index in [0.29, 0.717) is 5.56 Å². The maximum absolute atomic E-state index is 11.9.